The van der Waals surface area contributed by atoms with Crippen LogP contribution < -0.4 is 14.9 Å². The van der Waals surface area contributed by atoms with Gasteiger partial charge in [0.25, 0.3) is 0 Å². The van der Waals surface area contributed by atoms with Crippen LogP contribution in [0.3, 0.4) is 0 Å². The van der Waals surface area contributed by atoms with E-state index >= 15 is 0 Å². The maximum Gasteiger partial charge on any atom is 0.202 e. The van der Waals surface area contributed by atoms with E-state index in [0.717, 1.165) is 0 Å². The Bertz CT molecular complexity index is 924. The first-order chi connectivity index (χ1) is 11.0. The summed E-state index contributed by atoms with van der Waals surface area (Å²) in [5.41, 5.74) is 0.212. The predicted octanol–water partition coefficient (Wildman–Crippen LogP) is 2.89. The van der Waals surface area contributed by atoms with Crippen LogP contribution >= 0.6 is 0 Å². The molecule has 0 atom stereocenters. The third-order valence-electron chi connectivity index (χ3n) is 3.50. The fourth-order valence-corrected chi connectivity index (χ4v) is 2.35. The molecule has 1 heterocycles. The smallest absolute Gasteiger partial charge is 0.202 e. The number of methoxy groups -OCH3 is 2. The molecule has 0 spiro atoms. The van der Waals surface area contributed by atoms with Crippen molar-refractivity contribution in [2.45, 2.75) is 0 Å². The molecule has 0 amide bonds. The third-order valence-corrected chi connectivity index (χ3v) is 3.50. The van der Waals surface area contributed by atoms with Crippen molar-refractivity contribution in [3.05, 3.63) is 46.6 Å². The number of hydrogen-bond acceptors (Lipinski definition) is 6. The molecule has 1 aromatic heterocycles. The Labute approximate surface area is 131 Å². The average Bonchev–Trinajstić information content (AvgIpc) is 2.56. The van der Waals surface area contributed by atoms with Gasteiger partial charge in [0.1, 0.15) is 22.6 Å². The van der Waals surface area contributed by atoms with Crippen molar-refractivity contribution in [1.29, 1.82) is 0 Å². The lowest BCUT2D eigenvalue weighted by Crippen LogP contribution is -2.03. The summed E-state index contributed by atoms with van der Waals surface area (Å²) >= 11 is 0. The van der Waals surface area contributed by atoms with Crippen molar-refractivity contribution in [3.63, 3.8) is 0 Å². The first-order valence-corrected chi connectivity index (χ1v) is 6.76. The molecule has 3 rings (SSSR count). The van der Waals surface area contributed by atoms with Crippen molar-refractivity contribution in [2.24, 2.45) is 0 Å². The number of rotatable bonds is 3. The summed E-state index contributed by atoms with van der Waals surface area (Å²) in [7, 11) is 2.81. The number of ether oxygens (including phenoxy) is 2. The summed E-state index contributed by atoms with van der Waals surface area (Å²) in [5, 5.41) is 19.7. The highest BCUT2D eigenvalue weighted by Crippen LogP contribution is 2.40. The number of phenols is 2. The average molecular weight is 314 g/mol. The van der Waals surface area contributed by atoms with Crippen molar-refractivity contribution < 1.29 is 24.1 Å². The van der Waals surface area contributed by atoms with E-state index in [-0.39, 0.29) is 45.2 Å². The quantitative estimate of drug-likeness (QED) is 0.772. The highest BCUT2D eigenvalue weighted by Gasteiger charge is 2.19. The van der Waals surface area contributed by atoms with Crippen LogP contribution in [0.15, 0.2) is 45.6 Å². The Hall–Kier alpha value is -3.15. The summed E-state index contributed by atoms with van der Waals surface area (Å²) in [4.78, 5) is 12.4. The van der Waals surface area contributed by atoms with Crippen molar-refractivity contribution in [2.75, 3.05) is 14.2 Å². The molecule has 2 aromatic carbocycles. The van der Waals surface area contributed by atoms with Gasteiger partial charge in [-0.25, -0.2) is 0 Å². The minimum atomic E-state index is -0.357. The molecule has 0 aliphatic rings. The second kappa shape index (κ2) is 5.57. The largest absolute Gasteiger partial charge is 0.508 e. The van der Waals surface area contributed by atoms with Gasteiger partial charge in [0, 0.05) is 17.7 Å². The summed E-state index contributed by atoms with van der Waals surface area (Å²) in [6.45, 7) is 0. The van der Waals surface area contributed by atoms with E-state index in [4.69, 9.17) is 13.9 Å². The van der Waals surface area contributed by atoms with Gasteiger partial charge >= 0.3 is 0 Å². The molecule has 118 valence electrons. The molecule has 0 saturated carbocycles. The molecule has 23 heavy (non-hydrogen) atoms. The summed E-state index contributed by atoms with van der Waals surface area (Å²) < 4.78 is 15.9. The lowest BCUT2D eigenvalue weighted by molar-refractivity contribution is 0.364. The standard InChI is InChI=1S/C17H14O6/c1-21-13-8-14(22-2)16(20)17-15(13)11(19)7-12(23-17)9-3-5-10(18)6-4-9/h3-8,18,20H,1-2H3. The number of hydrogen-bond donors (Lipinski definition) is 2. The van der Waals surface area contributed by atoms with Crippen LogP contribution in [-0.4, -0.2) is 24.4 Å². The summed E-state index contributed by atoms with van der Waals surface area (Å²) in [5.74, 6) is 0.471. The van der Waals surface area contributed by atoms with Gasteiger partial charge in [-0.05, 0) is 24.3 Å². The molecule has 0 fully saturated rings. The van der Waals surface area contributed by atoms with E-state index in [2.05, 4.69) is 0 Å². The Morgan fingerprint density at radius 3 is 2.22 bits per heavy atom. The van der Waals surface area contributed by atoms with E-state index in [1.807, 2.05) is 0 Å². The first kappa shape index (κ1) is 14.8. The van der Waals surface area contributed by atoms with Gasteiger partial charge in [-0.1, -0.05) is 0 Å². The Morgan fingerprint density at radius 2 is 1.61 bits per heavy atom. The number of benzene rings is 2. The molecule has 0 unspecified atom stereocenters. The van der Waals surface area contributed by atoms with Crippen LogP contribution in [0.1, 0.15) is 0 Å². The summed E-state index contributed by atoms with van der Waals surface area (Å²) in [6.07, 6.45) is 0. The monoisotopic (exact) mass is 314 g/mol. The number of aromatic hydroxyl groups is 2. The topological polar surface area (TPSA) is 89.1 Å². The van der Waals surface area contributed by atoms with Gasteiger partial charge in [0.15, 0.2) is 16.8 Å². The second-order valence-electron chi connectivity index (χ2n) is 4.86. The fraction of sp³-hybridized carbons (Fsp3) is 0.118. The minimum absolute atomic E-state index is 0.0169. The third kappa shape index (κ3) is 2.44. The van der Waals surface area contributed by atoms with Gasteiger partial charge in [-0.2, -0.15) is 0 Å². The van der Waals surface area contributed by atoms with Gasteiger partial charge < -0.3 is 24.1 Å². The SMILES string of the molecule is COc1cc(OC)c2c(=O)cc(-c3ccc(O)cc3)oc2c1O. The lowest BCUT2D eigenvalue weighted by Gasteiger charge is -2.11. The molecular formula is C17H14O6. The molecule has 3 aromatic rings. The van der Waals surface area contributed by atoms with Crippen LogP contribution in [0.5, 0.6) is 23.0 Å². The minimum Gasteiger partial charge on any atom is -0.508 e. The van der Waals surface area contributed by atoms with Crippen LogP contribution in [0.2, 0.25) is 0 Å². The Balaban J connectivity index is 2.34. The van der Waals surface area contributed by atoms with Crippen LogP contribution in [0, 0.1) is 0 Å². The Kier molecular flexibility index (Phi) is 3.57. The predicted molar refractivity (Wildman–Crippen MR) is 84.4 cm³/mol. The van der Waals surface area contributed by atoms with E-state index in [0.29, 0.717) is 5.56 Å². The van der Waals surface area contributed by atoms with Gasteiger partial charge in [0.05, 0.1) is 14.2 Å². The van der Waals surface area contributed by atoms with E-state index < -0.39 is 0 Å². The van der Waals surface area contributed by atoms with Crippen LogP contribution in [0.4, 0.5) is 0 Å². The van der Waals surface area contributed by atoms with E-state index in [1.54, 1.807) is 12.1 Å². The maximum atomic E-state index is 12.4. The van der Waals surface area contributed by atoms with E-state index in [9.17, 15) is 15.0 Å². The molecule has 6 nitrogen and oxygen atoms in total. The zero-order valence-corrected chi connectivity index (χ0v) is 12.5. The van der Waals surface area contributed by atoms with E-state index in [1.165, 1.54) is 38.5 Å². The normalized spacial score (nSPS) is 10.7. The summed E-state index contributed by atoms with van der Waals surface area (Å²) in [6, 6.07) is 8.90. The zero-order valence-electron chi connectivity index (χ0n) is 12.5. The highest BCUT2D eigenvalue weighted by molar-refractivity contribution is 5.91. The number of fused-ring (bicyclic) bond motifs is 1. The Morgan fingerprint density at radius 1 is 0.957 bits per heavy atom. The molecule has 6 heteroatoms. The molecule has 0 bridgehead atoms. The lowest BCUT2D eigenvalue weighted by atomic mass is 10.1. The first-order valence-electron chi connectivity index (χ1n) is 6.76. The van der Waals surface area contributed by atoms with Crippen LogP contribution in [-0.2, 0) is 0 Å². The van der Waals surface area contributed by atoms with Gasteiger partial charge in [-0.3, -0.25) is 4.79 Å². The highest BCUT2D eigenvalue weighted by atomic mass is 16.5. The molecule has 0 radical (unpaired) electrons. The zero-order chi connectivity index (χ0) is 16.6. The second-order valence-corrected chi connectivity index (χ2v) is 4.86. The molecule has 0 aliphatic carbocycles. The molecular weight excluding hydrogens is 300 g/mol. The molecule has 0 saturated heterocycles. The molecule has 2 N–H and O–H groups in total. The van der Waals surface area contributed by atoms with Crippen molar-refractivity contribution in [3.8, 4) is 34.3 Å². The van der Waals surface area contributed by atoms with Crippen molar-refractivity contribution >= 4 is 11.0 Å². The van der Waals surface area contributed by atoms with Crippen molar-refractivity contribution in [1.82, 2.24) is 0 Å². The maximum absolute atomic E-state index is 12.4. The van der Waals surface area contributed by atoms with Crippen LogP contribution in [0.25, 0.3) is 22.3 Å². The number of phenolic OH excluding ortho intramolecular Hbond substituents is 2. The molecule has 0 aliphatic heterocycles. The van der Waals surface area contributed by atoms with Gasteiger partial charge in [0.2, 0.25) is 5.75 Å². The fourth-order valence-electron chi connectivity index (χ4n) is 2.35. The van der Waals surface area contributed by atoms with Gasteiger partial charge in [-0.15, -0.1) is 0 Å².